The molecule has 144 valence electrons. The van der Waals surface area contributed by atoms with Gasteiger partial charge in [0.05, 0.1) is 18.1 Å². The number of aromatic carboxylic acids is 1. The van der Waals surface area contributed by atoms with Gasteiger partial charge < -0.3 is 20.1 Å². The molecule has 3 N–H and O–H groups in total. The maximum atomic E-state index is 12.6. The summed E-state index contributed by atoms with van der Waals surface area (Å²) >= 11 is 0. The van der Waals surface area contributed by atoms with Crippen LogP contribution in [0.5, 0.6) is 5.75 Å². The second-order valence-corrected chi connectivity index (χ2v) is 6.36. The van der Waals surface area contributed by atoms with Crippen LogP contribution in [0.15, 0.2) is 66.7 Å². The van der Waals surface area contributed by atoms with Gasteiger partial charge in [0.25, 0.3) is 5.91 Å². The first kappa shape index (κ1) is 18.2. The van der Waals surface area contributed by atoms with Gasteiger partial charge >= 0.3 is 5.97 Å². The number of H-pyrrole nitrogens is 1. The number of aromatic nitrogens is 2. The molecule has 0 fully saturated rings. The first-order valence-electron chi connectivity index (χ1n) is 8.83. The van der Waals surface area contributed by atoms with E-state index < -0.39 is 5.97 Å². The Hall–Kier alpha value is -4.13. The lowest BCUT2D eigenvalue weighted by atomic mass is 10.1. The minimum Gasteiger partial charge on any atom is -0.496 e. The summed E-state index contributed by atoms with van der Waals surface area (Å²) in [6.07, 6.45) is 0. The largest absolute Gasteiger partial charge is 0.496 e. The smallest absolute Gasteiger partial charge is 0.339 e. The predicted octanol–water partition coefficient (Wildman–Crippen LogP) is 4.19. The number of aromatic amines is 1. The van der Waals surface area contributed by atoms with E-state index in [0.29, 0.717) is 17.1 Å². The van der Waals surface area contributed by atoms with Crippen molar-refractivity contribution in [1.82, 2.24) is 9.97 Å². The van der Waals surface area contributed by atoms with E-state index >= 15 is 0 Å². The number of imidazole rings is 1. The van der Waals surface area contributed by atoms with Crippen LogP contribution in [-0.4, -0.2) is 34.1 Å². The Morgan fingerprint density at radius 3 is 2.62 bits per heavy atom. The van der Waals surface area contributed by atoms with Crippen molar-refractivity contribution in [3.05, 3.63) is 77.9 Å². The second kappa shape index (κ2) is 7.47. The molecule has 4 aromatic rings. The Morgan fingerprint density at radius 1 is 1.03 bits per heavy atom. The summed E-state index contributed by atoms with van der Waals surface area (Å²) in [4.78, 5) is 31.6. The lowest BCUT2D eigenvalue weighted by Crippen LogP contribution is -2.13. The van der Waals surface area contributed by atoms with Gasteiger partial charge in [-0.1, -0.05) is 24.3 Å². The highest BCUT2D eigenvalue weighted by molar-refractivity contribution is 6.05. The highest BCUT2D eigenvalue weighted by atomic mass is 16.5. The molecule has 1 aromatic heterocycles. The van der Waals surface area contributed by atoms with Crippen molar-refractivity contribution in [2.75, 3.05) is 12.4 Å². The van der Waals surface area contributed by atoms with E-state index in [1.165, 1.54) is 25.3 Å². The molecule has 1 amide bonds. The molecule has 4 rings (SSSR count). The van der Waals surface area contributed by atoms with E-state index in [-0.39, 0.29) is 17.2 Å². The number of carbonyl (C=O) groups is 2. The summed E-state index contributed by atoms with van der Waals surface area (Å²) in [5.74, 6) is -0.662. The Bertz CT molecular complexity index is 1200. The van der Waals surface area contributed by atoms with Crippen LogP contribution in [0.2, 0.25) is 0 Å². The van der Waals surface area contributed by atoms with Crippen LogP contribution in [-0.2, 0) is 0 Å². The van der Waals surface area contributed by atoms with Gasteiger partial charge in [-0.3, -0.25) is 4.79 Å². The average molecular weight is 387 g/mol. The predicted molar refractivity (Wildman–Crippen MR) is 109 cm³/mol. The van der Waals surface area contributed by atoms with Crippen molar-refractivity contribution in [1.29, 1.82) is 0 Å². The normalized spacial score (nSPS) is 10.7. The zero-order valence-electron chi connectivity index (χ0n) is 15.5. The molecule has 1 heterocycles. The maximum absolute atomic E-state index is 12.6. The molecular formula is C22H17N3O4. The van der Waals surface area contributed by atoms with E-state index in [4.69, 9.17) is 9.84 Å². The van der Waals surface area contributed by atoms with E-state index in [1.807, 2.05) is 42.5 Å². The maximum Gasteiger partial charge on any atom is 0.339 e. The van der Waals surface area contributed by atoms with Crippen molar-refractivity contribution in [3.8, 4) is 17.1 Å². The van der Waals surface area contributed by atoms with Gasteiger partial charge in [0.15, 0.2) is 0 Å². The number of rotatable bonds is 5. The molecule has 3 aromatic carbocycles. The lowest BCUT2D eigenvalue weighted by molar-refractivity contribution is 0.0692. The Morgan fingerprint density at radius 2 is 1.86 bits per heavy atom. The van der Waals surface area contributed by atoms with Gasteiger partial charge in [0.1, 0.15) is 17.1 Å². The van der Waals surface area contributed by atoms with Gasteiger partial charge in [-0.05, 0) is 42.5 Å². The Labute approximate surface area is 166 Å². The third-order valence-corrected chi connectivity index (χ3v) is 4.48. The number of carbonyl (C=O) groups excluding carboxylic acids is 1. The minimum atomic E-state index is -1.12. The van der Waals surface area contributed by atoms with Crippen LogP contribution in [0.1, 0.15) is 20.7 Å². The summed E-state index contributed by atoms with van der Waals surface area (Å²) in [5.41, 5.74) is 3.51. The van der Waals surface area contributed by atoms with Gasteiger partial charge in [-0.15, -0.1) is 0 Å². The fourth-order valence-electron chi connectivity index (χ4n) is 3.05. The molecule has 0 aliphatic heterocycles. The van der Waals surface area contributed by atoms with Crippen LogP contribution in [0.4, 0.5) is 5.69 Å². The molecule has 0 spiro atoms. The number of amides is 1. The second-order valence-electron chi connectivity index (χ2n) is 6.36. The molecule has 7 heteroatoms. The highest BCUT2D eigenvalue weighted by Crippen LogP contribution is 2.24. The van der Waals surface area contributed by atoms with Crippen molar-refractivity contribution >= 4 is 28.6 Å². The lowest BCUT2D eigenvalue weighted by Gasteiger charge is -2.09. The standard InChI is InChI=1S/C22H17N3O4/c1-29-19-12-14(9-10-16(19)22(27)28)21(26)23-15-6-4-5-13(11-15)20-24-17-7-2-3-8-18(17)25-20/h2-12H,1H3,(H,23,26)(H,24,25)(H,27,28). The molecule has 0 atom stereocenters. The van der Waals surface area contributed by atoms with E-state index in [9.17, 15) is 9.59 Å². The van der Waals surface area contributed by atoms with Crippen molar-refractivity contribution in [3.63, 3.8) is 0 Å². The Kier molecular flexibility index (Phi) is 4.70. The van der Waals surface area contributed by atoms with Crippen LogP contribution in [0, 0.1) is 0 Å². The number of anilines is 1. The summed E-state index contributed by atoms with van der Waals surface area (Å²) < 4.78 is 5.08. The fraction of sp³-hybridized carbons (Fsp3) is 0.0455. The first-order valence-corrected chi connectivity index (χ1v) is 8.83. The number of ether oxygens (including phenoxy) is 1. The monoisotopic (exact) mass is 387 g/mol. The van der Waals surface area contributed by atoms with E-state index in [2.05, 4.69) is 15.3 Å². The summed E-state index contributed by atoms with van der Waals surface area (Å²) in [6, 6.07) is 19.3. The summed E-state index contributed by atoms with van der Waals surface area (Å²) in [5, 5.41) is 12.0. The number of nitrogens with one attached hydrogen (secondary N) is 2. The Balaban J connectivity index is 1.59. The van der Waals surface area contributed by atoms with E-state index in [0.717, 1.165) is 16.6 Å². The molecule has 0 aliphatic carbocycles. The van der Waals surface area contributed by atoms with Crippen molar-refractivity contribution in [2.45, 2.75) is 0 Å². The number of benzene rings is 3. The SMILES string of the molecule is COc1cc(C(=O)Nc2cccc(-c3nc4ccccc4[nH]3)c2)ccc1C(=O)O. The van der Waals surface area contributed by atoms with Gasteiger partial charge in [0, 0.05) is 16.8 Å². The molecule has 0 saturated carbocycles. The molecule has 0 unspecified atom stereocenters. The van der Waals surface area contributed by atoms with E-state index in [1.54, 1.807) is 6.07 Å². The number of carboxylic acid groups (broad SMARTS) is 1. The number of carboxylic acids is 1. The summed E-state index contributed by atoms with van der Waals surface area (Å²) in [6.45, 7) is 0. The molecule has 0 saturated heterocycles. The third kappa shape index (κ3) is 3.66. The molecular weight excluding hydrogens is 370 g/mol. The topological polar surface area (TPSA) is 104 Å². The molecule has 0 bridgehead atoms. The molecule has 29 heavy (non-hydrogen) atoms. The van der Waals surface area contributed by atoms with Crippen LogP contribution >= 0.6 is 0 Å². The van der Waals surface area contributed by atoms with Crippen LogP contribution in [0.3, 0.4) is 0 Å². The number of hydrogen-bond donors (Lipinski definition) is 3. The minimum absolute atomic E-state index is 0.00377. The average Bonchev–Trinajstić information content (AvgIpc) is 3.17. The van der Waals surface area contributed by atoms with Crippen LogP contribution in [0.25, 0.3) is 22.4 Å². The van der Waals surface area contributed by atoms with Crippen molar-refractivity contribution < 1.29 is 19.4 Å². The van der Waals surface area contributed by atoms with Gasteiger partial charge in [0.2, 0.25) is 0 Å². The number of methoxy groups -OCH3 is 1. The first-order chi connectivity index (χ1) is 14.0. The molecule has 7 nitrogen and oxygen atoms in total. The number of fused-ring (bicyclic) bond motifs is 1. The third-order valence-electron chi connectivity index (χ3n) is 4.48. The summed E-state index contributed by atoms with van der Waals surface area (Å²) in [7, 11) is 1.36. The van der Waals surface area contributed by atoms with Crippen LogP contribution < -0.4 is 10.1 Å². The van der Waals surface area contributed by atoms with Crippen molar-refractivity contribution in [2.24, 2.45) is 0 Å². The number of para-hydroxylation sites is 2. The highest BCUT2D eigenvalue weighted by Gasteiger charge is 2.15. The fourth-order valence-corrected chi connectivity index (χ4v) is 3.05. The number of nitrogens with zero attached hydrogens (tertiary/aromatic N) is 1. The number of hydrogen-bond acceptors (Lipinski definition) is 4. The van der Waals surface area contributed by atoms with Gasteiger partial charge in [-0.25, -0.2) is 9.78 Å². The zero-order valence-corrected chi connectivity index (χ0v) is 15.5. The zero-order chi connectivity index (χ0) is 20.4. The molecule has 0 aliphatic rings. The van der Waals surface area contributed by atoms with Gasteiger partial charge in [-0.2, -0.15) is 0 Å². The quantitative estimate of drug-likeness (QED) is 0.476. The molecule has 0 radical (unpaired) electrons.